The Morgan fingerprint density at radius 2 is 1.09 bits per heavy atom. The fourth-order valence-electron chi connectivity index (χ4n) is 8.05. The van der Waals surface area contributed by atoms with Gasteiger partial charge in [0.15, 0.2) is 17.5 Å². The van der Waals surface area contributed by atoms with Crippen LogP contribution in [0, 0.1) is 0 Å². The molecule has 9 aromatic rings. The fourth-order valence-corrected chi connectivity index (χ4v) is 8.05. The molecule has 1 aliphatic heterocycles. The molecule has 0 fully saturated rings. The highest BCUT2D eigenvalue weighted by Gasteiger charge is 2.37. The van der Waals surface area contributed by atoms with Crippen molar-refractivity contribution in [3.63, 3.8) is 0 Å². The van der Waals surface area contributed by atoms with Crippen LogP contribution in [0.25, 0.3) is 83.3 Å². The molecule has 0 bridgehead atoms. The number of nitrogens with zero attached hydrogens (tertiary/aromatic N) is 5. The van der Waals surface area contributed by atoms with Crippen LogP contribution in [-0.4, -0.2) is 31.0 Å². The Labute approximate surface area is 317 Å². The van der Waals surface area contributed by atoms with Gasteiger partial charge in [0, 0.05) is 11.1 Å². The summed E-state index contributed by atoms with van der Waals surface area (Å²) >= 11 is 0. The Balaban J connectivity index is 1.00. The maximum Gasteiger partial charge on any atom is 0.237 e. The highest BCUT2D eigenvalue weighted by atomic mass is 16.5. The van der Waals surface area contributed by atoms with Crippen LogP contribution in [0.15, 0.2) is 176 Å². The number of benzene rings is 7. The molecule has 0 saturated heterocycles. The number of hydrogen-bond donors (Lipinski definition) is 0. The number of ether oxygens (including phenoxy) is 1. The third kappa shape index (κ3) is 5.38. The van der Waals surface area contributed by atoms with Gasteiger partial charge in [-0.25, -0.2) is 24.9 Å². The van der Waals surface area contributed by atoms with E-state index in [1.54, 1.807) is 6.20 Å². The van der Waals surface area contributed by atoms with Crippen molar-refractivity contribution in [2.24, 2.45) is 0 Å². The van der Waals surface area contributed by atoms with E-state index >= 15 is 0 Å². The standard InChI is InChI=1S/C49H31N5O/c1-3-13-30(14-4-1)41-27-35(25-32-17-7-10-20-37(32)41)47-52-46(31-15-5-2-6-16-31)53-48(54-47)43-29-50-49-45(51-43)40-24-23-34(28-44(40)55-49)42-26-33-18-8-9-19-36(33)38-21-11-12-22-39(38)42/h1-29,40,44H. The molecule has 1 aliphatic carbocycles. The van der Waals surface area contributed by atoms with Gasteiger partial charge in [-0.1, -0.05) is 146 Å². The summed E-state index contributed by atoms with van der Waals surface area (Å²) in [6.07, 6.45) is 8.08. The van der Waals surface area contributed by atoms with Gasteiger partial charge in [0.25, 0.3) is 0 Å². The van der Waals surface area contributed by atoms with Crippen molar-refractivity contribution < 1.29 is 4.74 Å². The molecule has 0 radical (unpaired) electrons. The molecule has 2 atom stereocenters. The van der Waals surface area contributed by atoms with Gasteiger partial charge in [0.2, 0.25) is 5.88 Å². The Morgan fingerprint density at radius 3 is 1.87 bits per heavy atom. The first-order valence-corrected chi connectivity index (χ1v) is 18.5. The van der Waals surface area contributed by atoms with Gasteiger partial charge in [0.05, 0.1) is 12.1 Å². The van der Waals surface area contributed by atoms with Gasteiger partial charge in [-0.3, -0.25) is 0 Å². The molecule has 2 aromatic heterocycles. The first-order chi connectivity index (χ1) is 27.2. The second-order valence-corrected chi connectivity index (χ2v) is 14.0. The van der Waals surface area contributed by atoms with E-state index in [0.717, 1.165) is 38.9 Å². The zero-order valence-corrected chi connectivity index (χ0v) is 29.5. The number of aromatic nitrogens is 5. The molecular formula is C49H31N5O. The third-order valence-electron chi connectivity index (χ3n) is 10.7. The van der Waals surface area contributed by atoms with Crippen molar-refractivity contribution in [3.8, 4) is 51.3 Å². The molecule has 2 aliphatic rings. The van der Waals surface area contributed by atoms with Crippen LogP contribution >= 0.6 is 0 Å². The topological polar surface area (TPSA) is 73.7 Å². The minimum atomic E-state index is -0.238. The summed E-state index contributed by atoms with van der Waals surface area (Å²) in [5.74, 6) is 2.02. The van der Waals surface area contributed by atoms with Crippen molar-refractivity contribution in [2.75, 3.05) is 0 Å². The molecule has 0 N–H and O–H groups in total. The Hall–Kier alpha value is -7.31. The van der Waals surface area contributed by atoms with Crippen LogP contribution in [0.4, 0.5) is 0 Å². The summed E-state index contributed by atoms with van der Waals surface area (Å²) in [4.78, 5) is 25.1. The molecule has 0 saturated carbocycles. The molecule has 3 heterocycles. The second-order valence-electron chi connectivity index (χ2n) is 14.0. The van der Waals surface area contributed by atoms with Crippen LogP contribution in [-0.2, 0) is 0 Å². The largest absolute Gasteiger partial charge is 0.468 e. The fraction of sp³-hybridized carbons (Fsp3) is 0.0408. The molecule has 6 nitrogen and oxygen atoms in total. The van der Waals surface area contributed by atoms with Gasteiger partial charge in [-0.05, 0) is 78.9 Å². The lowest BCUT2D eigenvalue weighted by Crippen LogP contribution is -2.17. The van der Waals surface area contributed by atoms with E-state index in [1.807, 2.05) is 36.4 Å². The molecular weight excluding hydrogens is 675 g/mol. The predicted octanol–water partition coefficient (Wildman–Crippen LogP) is 11.3. The van der Waals surface area contributed by atoms with E-state index in [2.05, 4.69) is 133 Å². The average Bonchev–Trinajstić information content (AvgIpc) is 3.63. The molecule has 55 heavy (non-hydrogen) atoms. The minimum Gasteiger partial charge on any atom is -0.468 e. The highest BCUT2D eigenvalue weighted by Crippen LogP contribution is 2.43. The lowest BCUT2D eigenvalue weighted by Gasteiger charge is -2.19. The van der Waals surface area contributed by atoms with Crippen molar-refractivity contribution in [3.05, 3.63) is 187 Å². The van der Waals surface area contributed by atoms with Crippen molar-refractivity contribution in [1.82, 2.24) is 24.9 Å². The Kier molecular flexibility index (Phi) is 7.20. The van der Waals surface area contributed by atoms with E-state index in [-0.39, 0.29) is 12.0 Å². The molecule has 2 unspecified atom stereocenters. The summed E-state index contributed by atoms with van der Waals surface area (Å²) in [6, 6.07) is 52.7. The molecule has 0 amide bonds. The number of fused-ring (bicyclic) bond motifs is 7. The summed E-state index contributed by atoms with van der Waals surface area (Å²) in [6.45, 7) is 0. The molecule has 7 aromatic carbocycles. The van der Waals surface area contributed by atoms with Gasteiger partial charge in [-0.2, -0.15) is 0 Å². The molecule has 11 rings (SSSR count). The number of hydrogen-bond acceptors (Lipinski definition) is 6. The SMILES string of the molecule is C1=CC2c3nc(-c4nc(-c5ccccc5)nc(-c5cc(-c6ccccc6)c6ccccc6c5)n4)cnc3OC2C=C1c1cc2ccccc2c2ccccc12. The van der Waals surface area contributed by atoms with Crippen LogP contribution < -0.4 is 4.74 Å². The average molecular weight is 706 g/mol. The maximum atomic E-state index is 6.48. The summed E-state index contributed by atoms with van der Waals surface area (Å²) in [5.41, 5.74) is 7.67. The zero-order chi connectivity index (χ0) is 36.3. The summed E-state index contributed by atoms with van der Waals surface area (Å²) in [7, 11) is 0. The van der Waals surface area contributed by atoms with Crippen LogP contribution in [0.2, 0.25) is 0 Å². The smallest absolute Gasteiger partial charge is 0.237 e. The van der Waals surface area contributed by atoms with Gasteiger partial charge < -0.3 is 4.74 Å². The van der Waals surface area contributed by atoms with E-state index in [0.29, 0.717) is 29.0 Å². The minimum absolute atomic E-state index is 0.0956. The van der Waals surface area contributed by atoms with Gasteiger partial charge in [0.1, 0.15) is 17.5 Å². The van der Waals surface area contributed by atoms with E-state index in [9.17, 15) is 0 Å². The van der Waals surface area contributed by atoms with Gasteiger partial charge in [-0.15, -0.1) is 0 Å². The van der Waals surface area contributed by atoms with Crippen molar-refractivity contribution in [2.45, 2.75) is 12.0 Å². The van der Waals surface area contributed by atoms with E-state index < -0.39 is 0 Å². The predicted molar refractivity (Wildman–Crippen MR) is 220 cm³/mol. The molecule has 0 spiro atoms. The van der Waals surface area contributed by atoms with Crippen LogP contribution in [0.5, 0.6) is 5.88 Å². The first-order valence-electron chi connectivity index (χ1n) is 18.5. The lowest BCUT2D eigenvalue weighted by atomic mass is 9.87. The summed E-state index contributed by atoms with van der Waals surface area (Å²) < 4.78 is 6.48. The van der Waals surface area contributed by atoms with Crippen molar-refractivity contribution >= 4 is 37.9 Å². The summed E-state index contributed by atoms with van der Waals surface area (Å²) in [5, 5.41) is 7.19. The third-order valence-corrected chi connectivity index (χ3v) is 10.7. The van der Waals surface area contributed by atoms with Crippen LogP contribution in [0.1, 0.15) is 17.2 Å². The Morgan fingerprint density at radius 1 is 0.473 bits per heavy atom. The quantitative estimate of drug-likeness (QED) is 0.166. The molecule has 6 heteroatoms. The second kappa shape index (κ2) is 12.7. The first kappa shape index (κ1) is 31.2. The van der Waals surface area contributed by atoms with Crippen molar-refractivity contribution in [1.29, 1.82) is 0 Å². The normalized spacial score (nSPS) is 15.8. The van der Waals surface area contributed by atoms with E-state index in [4.69, 9.17) is 29.7 Å². The lowest BCUT2D eigenvalue weighted by molar-refractivity contribution is 0.261. The monoisotopic (exact) mass is 705 g/mol. The van der Waals surface area contributed by atoms with Crippen LogP contribution in [0.3, 0.4) is 0 Å². The number of rotatable bonds is 5. The zero-order valence-electron chi connectivity index (χ0n) is 29.5. The highest BCUT2D eigenvalue weighted by molar-refractivity contribution is 6.12. The molecule has 258 valence electrons. The Bertz CT molecular complexity index is 3030. The maximum absolute atomic E-state index is 6.48. The van der Waals surface area contributed by atoms with E-state index in [1.165, 1.54) is 32.5 Å². The van der Waals surface area contributed by atoms with Gasteiger partial charge >= 0.3 is 0 Å². The number of allylic oxidation sites excluding steroid dienone is 2.